The Morgan fingerprint density at radius 1 is 1.33 bits per heavy atom. The van der Waals surface area contributed by atoms with Crippen LogP contribution in [0.4, 0.5) is 5.69 Å². The second-order valence-corrected chi connectivity index (χ2v) is 5.49. The van der Waals surface area contributed by atoms with Crippen molar-refractivity contribution in [3.63, 3.8) is 0 Å². The van der Waals surface area contributed by atoms with Crippen LogP contribution in [0.1, 0.15) is 24.5 Å². The Bertz CT molecular complexity index is 403. The van der Waals surface area contributed by atoms with Crippen LogP contribution in [0.3, 0.4) is 0 Å². The maximum Gasteiger partial charge on any atom is 0.0417 e. The number of hydrogen-bond donors (Lipinski definition) is 1. The molecule has 0 bridgehead atoms. The van der Waals surface area contributed by atoms with Crippen molar-refractivity contribution in [1.82, 2.24) is 4.90 Å². The van der Waals surface area contributed by atoms with Crippen LogP contribution in [0.5, 0.6) is 0 Å². The molecule has 1 aromatic carbocycles. The molecule has 3 heteroatoms. The zero-order chi connectivity index (χ0) is 13.1. The molecule has 18 heavy (non-hydrogen) atoms. The van der Waals surface area contributed by atoms with Crippen LogP contribution in [0, 0.1) is 6.92 Å². The average molecular weight is 247 g/mol. The highest BCUT2D eigenvalue weighted by Crippen LogP contribution is 2.25. The van der Waals surface area contributed by atoms with E-state index in [0.29, 0.717) is 12.6 Å². The summed E-state index contributed by atoms with van der Waals surface area (Å²) in [7, 11) is 2.21. The number of aryl methyl sites for hydroxylation is 1. The fraction of sp³-hybridized carbons (Fsp3) is 0.600. The molecular weight excluding hydrogens is 222 g/mol. The average Bonchev–Trinajstić information content (AvgIpc) is 2.50. The van der Waals surface area contributed by atoms with E-state index in [0.717, 1.165) is 13.1 Å². The lowest BCUT2D eigenvalue weighted by Crippen LogP contribution is -2.38. The van der Waals surface area contributed by atoms with Crippen LogP contribution < -0.4 is 10.6 Å². The molecule has 1 aromatic rings. The largest absolute Gasteiger partial charge is 0.367 e. The Kier molecular flexibility index (Phi) is 4.25. The maximum absolute atomic E-state index is 5.88. The normalized spacial score (nSPS) is 22.0. The number of hydrogen-bond acceptors (Lipinski definition) is 3. The summed E-state index contributed by atoms with van der Waals surface area (Å²) < 4.78 is 0. The smallest absolute Gasteiger partial charge is 0.0417 e. The molecule has 0 aromatic heterocycles. The van der Waals surface area contributed by atoms with Crippen LogP contribution in [0.15, 0.2) is 18.2 Å². The first kappa shape index (κ1) is 13.4. The van der Waals surface area contributed by atoms with Gasteiger partial charge in [0.1, 0.15) is 0 Å². The second-order valence-electron chi connectivity index (χ2n) is 5.49. The van der Waals surface area contributed by atoms with E-state index in [1.165, 1.54) is 29.8 Å². The zero-order valence-corrected chi connectivity index (χ0v) is 11.8. The third-order valence-electron chi connectivity index (χ3n) is 3.82. The van der Waals surface area contributed by atoms with Gasteiger partial charge >= 0.3 is 0 Å². The SMILES string of the molecule is Cc1ccc(CN)c(N2CCCN(C)CC2C)c1. The van der Waals surface area contributed by atoms with Gasteiger partial charge in [0.05, 0.1) is 0 Å². The summed E-state index contributed by atoms with van der Waals surface area (Å²) in [5.41, 5.74) is 9.79. The number of likely N-dealkylation sites (N-methyl/N-ethyl adjacent to an activating group) is 1. The Hall–Kier alpha value is -1.06. The fourth-order valence-corrected chi connectivity index (χ4v) is 2.84. The van der Waals surface area contributed by atoms with Crippen molar-refractivity contribution in [3.05, 3.63) is 29.3 Å². The molecule has 100 valence electrons. The molecule has 1 aliphatic heterocycles. The van der Waals surface area contributed by atoms with Crippen molar-refractivity contribution in [2.45, 2.75) is 32.9 Å². The van der Waals surface area contributed by atoms with Gasteiger partial charge in [-0.25, -0.2) is 0 Å². The minimum Gasteiger partial charge on any atom is -0.367 e. The summed E-state index contributed by atoms with van der Waals surface area (Å²) >= 11 is 0. The molecule has 0 radical (unpaired) electrons. The Morgan fingerprint density at radius 2 is 2.11 bits per heavy atom. The van der Waals surface area contributed by atoms with E-state index < -0.39 is 0 Å². The number of benzene rings is 1. The van der Waals surface area contributed by atoms with Gasteiger partial charge in [0.15, 0.2) is 0 Å². The third-order valence-corrected chi connectivity index (χ3v) is 3.82. The molecule has 1 fully saturated rings. The molecule has 1 atom stereocenters. The van der Waals surface area contributed by atoms with E-state index in [1.807, 2.05) is 0 Å². The van der Waals surface area contributed by atoms with Crippen molar-refractivity contribution in [3.8, 4) is 0 Å². The number of nitrogens with zero attached hydrogens (tertiary/aromatic N) is 2. The van der Waals surface area contributed by atoms with Crippen LogP contribution in [0.2, 0.25) is 0 Å². The monoisotopic (exact) mass is 247 g/mol. The van der Waals surface area contributed by atoms with Crippen molar-refractivity contribution in [1.29, 1.82) is 0 Å². The van der Waals surface area contributed by atoms with E-state index in [4.69, 9.17) is 5.73 Å². The first-order valence-corrected chi connectivity index (χ1v) is 6.86. The lowest BCUT2D eigenvalue weighted by molar-refractivity contribution is 0.337. The van der Waals surface area contributed by atoms with Crippen LogP contribution in [-0.4, -0.2) is 37.6 Å². The van der Waals surface area contributed by atoms with E-state index in [-0.39, 0.29) is 0 Å². The van der Waals surface area contributed by atoms with Gasteiger partial charge < -0.3 is 15.5 Å². The molecular formula is C15H25N3. The van der Waals surface area contributed by atoms with E-state index in [1.54, 1.807) is 0 Å². The quantitative estimate of drug-likeness (QED) is 0.867. The molecule has 2 rings (SSSR count). The van der Waals surface area contributed by atoms with Crippen LogP contribution in [-0.2, 0) is 6.54 Å². The molecule has 2 N–H and O–H groups in total. The minimum absolute atomic E-state index is 0.546. The van der Waals surface area contributed by atoms with E-state index in [2.05, 4.69) is 48.9 Å². The molecule has 0 spiro atoms. The van der Waals surface area contributed by atoms with Gasteiger partial charge in [0, 0.05) is 31.4 Å². The molecule has 0 aliphatic carbocycles. The van der Waals surface area contributed by atoms with Crippen molar-refractivity contribution in [2.24, 2.45) is 5.73 Å². The second kappa shape index (κ2) is 5.72. The summed E-state index contributed by atoms with van der Waals surface area (Å²) in [6.45, 7) is 8.52. The lowest BCUT2D eigenvalue weighted by Gasteiger charge is -2.32. The molecule has 3 nitrogen and oxygen atoms in total. The summed E-state index contributed by atoms with van der Waals surface area (Å²) in [5.74, 6) is 0. The van der Waals surface area contributed by atoms with E-state index in [9.17, 15) is 0 Å². The summed E-state index contributed by atoms with van der Waals surface area (Å²) in [6.07, 6.45) is 1.22. The summed E-state index contributed by atoms with van der Waals surface area (Å²) in [4.78, 5) is 4.95. The molecule has 1 saturated heterocycles. The standard InChI is InChI=1S/C15H25N3/c1-12-5-6-14(10-16)15(9-12)18-8-4-7-17(3)11-13(18)2/h5-6,9,13H,4,7-8,10-11,16H2,1-3H3. The highest BCUT2D eigenvalue weighted by atomic mass is 15.2. The van der Waals surface area contributed by atoms with Crippen molar-refractivity contribution < 1.29 is 0 Å². The fourth-order valence-electron chi connectivity index (χ4n) is 2.84. The van der Waals surface area contributed by atoms with Crippen LogP contribution in [0.25, 0.3) is 0 Å². The molecule has 0 amide bonds. The highest BCUT2D eigenvalue weighted by Gasteiger charge is 2.21. The Morgan fingerprint density at radius 3 is 2.83 bits per heavy atom. The van der Waals surface area contributed by atoms with Crippen LogP contribution >= 0.6 is 0 Å². The van der Waals surface area contributed by atoms with Crippen molar-refractivity contribution >= 4 is 5.69 Å². The summed E-state index contributed by atoms with van der Waals surface area (Å²) in [5, 5.41) is 0. The molecule has 1 heterocycles. The lowest BCUT2D eigenvalue weighted by atomic mass is 10.1. The maximum atomic E-state index is 5.88. The molecule has 0 saturated carbocycles. The minimum atomic E-state index is 0.546. The number of rotatable bonds is 2. The number of anilines is 1. The van der Waals surface area contributed by atoms with E-state index >= 15 is 0 Å². The predicted molar refractivity (Wildman–Crippen MR) is 78.0 cm³/mol. The van der Waals surface area contributed by atoms with Gasteiger partial charge in [-0.05, 0) is 51.1 Å². The molecule has 1 aliphatic rings. The van der Waals surface area contributed by atoms with Gasteiger partial charge in [-0.15, -0.1) is 0 Å². The van der Waals surface area contributed by atoms with Gasteiger partial charge in [0.2, 0.25) is 0 Å². The van der Waals surface area contributed by atoms with Crippen molar-refractivity contribution in [2.75, 3.05) is 31.6 Å². The first-order chi connectivity index (χ1) is 8.61. The first-order valence-electron chi connectivity index (χ1n) is 6.86. The van der Waals surface area contributed by atoms with Gasteiger partial charge in [-0.3, -0.25) is 0 Å². The topological polar surface area (TPSA) is 32.5 Å². The van der Waals surface area contributed by atoms with Gasteiger partial charge in [0.25, 0.3) is 0 Å². The van der Waals surface area contributed by atoms with Gasteiger partial charge in [-0.2, -0.15) is 0 Å². The number of nitrogens with two attached hydrogens (primary N) is 1. The molecule has 1 unspecified atom stereocenters. The summed E-state index contributed by atoms with van der Waals surface area (Å²) in [6, 6.07) is 7.15. The third kappa shape index (κ3) is 2.85. The predicted octanol–water partition coefficient (Wildman–Crippen LogP) is 1.98. The van der Waals surface area contributed by atoms with Gasteiger partial charge in [-0.1, -0.05) is 12.1 Å². The Balaban J connectivity index is 2.31. The Labute approximate surface area is 111 Å². The highest BCUT2D eigenvalue weighted by molar-refractivity contribution is 5.56. The zero-order valence-electron chi connectivity index (χ0n) is 11.8.